The third-order valence-electron chi connectivity index (χ3n) is 5.68. The maximum atomic E-state index is 12.2. The number of hydrogen-bond donors (Lipinski definition) is 2. The maximum absolute atomic E-state index is 12.2. The van der Waals surface area contributed by atoms with Crippen LogP contribution in [-0.4, -0.2) is 35.0 Å². The van der Waals surface area contributed by atoms with Gasteiger partial charge in [-0.15, -0.1) is 0 Å². The number of esters is 1. The molecule has 2 aliphatic rings. The molecular weight excluding hydrogens is 220 g/mol. The molecule has 0 saturated heterocycles. The number of aliphatic hydroxyl groups is 2. The van der Waals surface area contributed by atoms with Crippen LogP contribution in [-0.2, 0) is 9.53 Å². The Balaban J connectivity index is 2.50. The number of hydrogen-bond acceptors (Lipinski definition) is 4. The minimum absolute atomic E-state index is 0.302. The maximum Gasteiger partial charge on any atom is 0.315 e. The summed E-state index contributed by atoms with van der Waals surface area (Å²) in [6.07, 6.45) is -0.532. The van der Waals surface area contributed by atoms with Crippen molar-refractivity contribution in [2.45, 2.75) is 52.7 Å². The quantitative estimate of drug-likeness (QED) is 0.712. The molecule has 2 N–H and O–H groups in total. The van der Waals surface area contributed by atoms with Crippen LogP contribution in [0.15, 0.2) is 0 Å². The van der Waals surface area contributed by atoms with E-state index in [1.54, 1.807) is 6.92 Å². The first-order chi connectivity index (χ1) is 7.75. The molecule has 0 aromatic rings. The highest BCUT2D eigenvalue weighted by Gasteiger charge is 2.77. The first-order valence-corrected chi connectivity index (χ1v) is 6.29. The van der Waals surface area contributed by atoms with Gasteiger partial charge in [-0.25, -0.2) is 0 Å². The molecular formula is C13H22O4. The summed E-state index contributed by atoms with van der Waals surface area (Å²) in [5.74, 6) is -0.363. The van der Waals surface area contributed by atoms with Crippen LogP contribution in [0.5, 0.6) is 0 Å². The molecule has 0 aromatic heterocycles. The number of rotatable bonds is 2. The molecule has 98 valence electrons. The van der Waals surface area contributed by atoms with Crippen LogP contribution in [0.4, 0.5) is 0 Å². The van der Waals surface area contributed by atoms with Crippen LogP contribution >= 0.6 is 0 Å². The largest absolute Gasteiger partial charge is 0.465 e. The Hall–Kier alpha value is -0.610. The van der Waals surface area contributed by atoms with Crippen molar-refractivity contribution in [3.8, 4) is 0 Å². The molecule has 2 aliphatic carbocycles. The molecule has 0 radical (unpaired) electrons. The molecule has 4 atom stereocenters. The van der Waals surface area contributed by atoms with Gasteiger partial charge in [0.1, 0.15) is 5.41 Å². The summed E-state index contributed by atoms with van der Waals surface area (Å²) in [4.78, 5) is 12.2. The monoisotopic (exact) mass is 242 g/mol. The molecule has 0 heterocycles. The van der Waals surface area contributed by atoms with E-state index >= 15 is 0 Å². The minimum atomic E-state index is -1.02. The van der Waals surface area contributed by atoms with Gasteiger partial charge in [-0.3, -0.25) is 4.79 Å². The lowest BCUT2D eigenvalue weighted by Crippen LogP contribution is -2.49. The summed E-state index contributed by atoms with van der Waals surface area (Å²) in [6, 6.07) is 0. The number of fused-ring (bicyclic) bond motifs is 2. The predicted molar refractivity (Wildman–Crippen MR) is 62.2 cm³/mol. The van der Waals surface area contributed by atoms with Gasteiger partial charge in [0.25, 0.3) is 0 Å². The van der Waals surface area contributed by atoms with Gasteiger partial charge in [-0.2, -0.15) is 0 Å². The Morgan fingerprint density at radius 3 is 2.24 bits per heavy atom. The second-order valence-electron chi connectivity index (χ2n) is 6.12. The highest BCUT2D eigenvalue weighted by atomic mass is 16.5. The summed E-state index contributed by atoms with van der Waals surface area (Å²) in [5, 5.41) is 20.5. The summed E-state index contributed by atoms with van der Waals surface area (Å²) in [7, 11) is 0. The molecule has 0 amide bonds. The van der Waals surface area contributed by atoms with E-state index in [9.17, 15) is 15.0 Å². The van der Waals surface area contributed by atoms with Gasteiger partial charge < -0.3 is 14.9 Å². The van der Waals surface area contributed by atoms with Gasteiger partial charge in [0.05, 0.1) is 18.8 Å². The minimum Gasteiger partial charge on any atom is -0.465 e. The second kappa shape index (κ2) is 3.45. The Bertz CT molecular complexity index is 351. The summed E-state index contributed by atoms with van der Waals surface area (Å²) >= 11 is 0. The summed E-state index contributed by atoms with van der Waals surface area (Å²) < 4.78 is 5.14. The zero-order valence-electron chi connectivity index (χ0n) is 11.0. The Labute approximate surface area is 102 Å². The molecule has 2 bridgehead atoms. The van der Waals surface area contributed by atoms with Crippen molar-refractivity contribution in [1.82, 2.24) is 0 Å². The first-order valence-electron chi connectivity index (χ1n) is 6.29. The molecule has 2 rings (SSSR count). The van der Waals surface area contributed by atoms with Crippen LogP contribution in [0.2, 0.25) is 0 Å². The summed E-state index contributed by atoms with van der Waals surface area (Å²) in [5.41, 5.74) is -1.82. The molecule has 2 saturated carbocycles. The topological polar surface area (TPSA) is 66.8 Å². The normalized spacial score (nSPS) is 47.2. The van der Waals surface area contributed by atoms with Crippen LogP contribution in [0.1, 0.15) is 40.5 Å². The van der Waals surface area contributed by atoms with Gasteiger partial charge in [-0.05, 0) is 25.2 Å². The highest BCUT2D eigenvalue weighted by Crippen LogP contribution is 2.72. The van der Waals surface area contributed by atoms with E-state index in [0.717, 1.165) is 6.42 Å². The Morgan fingerprint density at radius 1 is 1.24 bits per heavy atom. The average molecular weight is 242 g/mol. The molecule has 0 unspecified atom stereocenters. The number of aliphatic hydroxyl groups excluding tert-OH is 2. The van der Waals surface area contributed by atoms with Gasteiger partial charge in [0, 0.05) is 5.41 Å². The van der Waals surface area contributed by atoms with Gasteiger partial charge in [0.15, 0.2) is 0 Å². The van der Waals surface area contributed by atoms with Crippen molar-refractivity contribution in [1.29, 1.82) is 0 Å². The van der Waals surface area contributed by atoms with Crippen molar-refractivity contribution >= 4 is 5.97 Å². The van der Waals surface area contributed by atoms with E-state index in [2.05, 4.69) is 0 Å². The molecule has 4 nitrogen and oxygen atoms in total. The standard InChI is InChI=1S/C13H22O4/c1-5-17-10(16)13-7-6-12(4,11(13,2)3)8(14)9(13)15/h8-9,14-15H,5-7H2,1-4H3/t8-,9+,12-,13-/m1/s1. The molecule has 0 aliphatic heterocycles. The summed E-state index contributed by atoms with van der Waals surface area (Å²) in [6.45, 7) is 7.92. The van der Waals surface area contributed by atoms with E-state index < -0.39 is 28.5 Å². The van der Waals surface area contributed by atoms with Crippen molar-refractivity contribution in [3.05, 3.63) is 0 Å². The van der Waals surface area contributed by atoms with Gasteiger partial charge >= 0.3 is 5.97 Å². The van der Waals surface area contributed by atoms with Crippen LogP contribution in [0.25, 0.3) is 0 Å². The van der Waals surface area contributed by atoms with Crippen LogP contribution in [0.3, 0.4) is 0 Å². The van der Waals surface area contributed by atoms with Crippen molar-refractivity contribution in [2.75, 3.05) is 6.61 Å². The van der Waals surface area contributed by atoms with Crippen molar-refractivity contribution in [2.24, 2.45) is 16.2 Å². The molecule has 2 fully saturated rings. The van der Waals surface area contributed by atoms with Gasteiger partial charge in [-0.1, -0.05) is 20.8 Å². The fraction of sp³-hybridized carbons (Fsp3) is 0.923. The van der Waals surface area contributed by atoms with E-state index in [0.29, 0.717) is 13.0 Å². The third-order valence-corrected chi connectivity index (χ3v) is 5.68. The third kappa shape index (κ3) is 1.13. The number of ether oxygens (including phenoxy) is 1. The molecule has 0 aromatic carbocycles. The lowest BCUT2D eigenvalue weighted by molar-refractivity contribution is -0.171. The number of carbonyl (C=O) groups excluding carboxylic acids is 1. The van der Waals surface area contributed by atoms with Crippen LogP contribution in [0, 0.1) is 16.2 Å². The molecule has 17 heavy (non-hydrogen) atoms. The van der Waals surface area contributed by atoms with E-state index in [-0.39, 0.29) is 5.97 Å². The zero-order chi connectivity index (χ0) is 13.1. The van der Waals surface area contributed by atoms with Crippen LogP contribution < -0.4 is 0 Å². The highest BCUT2D eigenvalue weighted by molar-refractivity contribution is 5.81. The molecule has 0 spiro atoms. The van der Waals surface area contributed by atoms with Gasteiger partial charge in [0.2, 0.25) is 0 Å². The Morgan fingerprint density at radius 2 is 1.82 bits per heavy atom. The second-order valence-corrected chi connectivity index (χ2v) is 6.12. The molecule has 4 heteroatoms. The average Bonchev–Trinajstić information content (AvgIpc) is 2.52. The SMILES string of the molecule is CCOC(=O)[C@@]12CC[C@](C)([C@H](O)[C@@H]1O)C2(C)C. The first kappa shape index (κ1) is 12.8. The van der Waals surface area contributed by atoms with Crippen molar-refractivity contribution in [3.63, 3.8) is 0 Å². The predicted octanol–water partition coefficient (Wildman–Crippen LogP) is 1.10. The lowest BCUT2D eigenvalue weighted by atomic mass is 9.64. The lowest BCUT2D eigenvalue weighted by Gasteiger charge is -2.39. The van der Waals surface area contributed by atoms with E-state index in [4.69, 9.17) is 4.74 Å². The fourth-order valence-electron chi connectivity index (χ4n) is 3.98. The Kier molecular flexibility index (Phi) is 2.61. The fourth-order valence-corrected chi connectivity index (χ4v) is 3.98. The number of carbonyl (C=O) groups is 1. The van der Waals surface area contributed by atoms with Crippen molar-refractivity contribution < 1.29 is 19.7 Å². The zero-order valence-corrected chi connectivity index (χ0v) is 11.0. The smallest absolute Gasteiger partial charge is 0.315 e. The van der Waals surface area contributed by atoms with E-state index in [1.165, 1.54) is 0 Å². The van der Waals surface area contributed by atoms with E-state index in [1.807, 2.05) is 20.8 Å².